The molecule has 7 nitrogen and oxygen atoms in total. The first-order chi connectivity index (χ1) is 10.9. The minimum atomic E-state index is -0.935. The Labute approximate surface area is 134 Å². The summed E-state index contributed by atoms with van der Waals surface area (Å²) < 4.78 is 0. The number of benzene rings is 1. The Morgan fingerprint density at radius 3 is 2.70 bits per heavy atom. The average molecular weight is 319 g/mol. The molecular formula is C16H21N3O4. The Morgan fingerprint density at radius 1 is 1.30 bits per heavy atom. The van der Waals surface area contributed by atoms with Crippen LogP contribution in [0.2, 0.25) is 0 Å². The third-order valence-electron chi connectivity index (χ3n) is 3.88. The van der Waals surface area contributed by atoms with Crippen molar-refractivity contribution < 1.29 is 19.5 Å². The van der Waals surface area contributed by atoms with Gasteiger partial charge < -0.3 is 10.4 Å². The third-order valence-corrected chi connectivity index (χ3v) is 3.88. The van der Waals surface area contributed by atoms with Gasteiger partial charge in [-0.3, -0.25) is 19.8 Å². The molecule has 124 valence electrons. The number of aliphatic carboxylic acids is 1. The first-order valence-corrected chi connectivity index (χ1v) is 7.52. The second-order valence-electron chi connectivity index (χ2n) is 5.79. The van der Waals surface area contributed by atoms with Crippen LogP contribution in [0.15, 0.2) is 18.2 Å². The molecule has 23 heavy (non-hydrogen) atoms. The Kier molecular flexibility index (Phi) is 5.33. The van der Waals surface area contributed by atoms with Gasteiger partial charge in [-0.25, -0.2) is 4.79 Å². The molecule has 0 aliphatic carbocycles. The van der Waals surface area contributed by atoms with E-state index in [4.69, 9.17) is 5.11 Å². The van der Waals surface area contributed by atoms with Gasteiger partial charge in [0.1, 0.15) is 6.04 Å². The van der Waals surface area contributed by atoms with Crippen molar-refractivity contribution in [2.75, 3.05) is 18.4 Å². The van der Waals surface area contributed by atoms with Crippen LogP contribution >= 0.6 is 0 Å². The summed E-state index contributed by atoms with van der Waals surface area (Å²) in [4.78, 5) is 36.4. The van der Waals surface area contributed by atoms with Gasteiger partial charge in [-0.15, -0.1) is 0 Å². The molecule has 3 amide bonds. The van der Waals surface area contributed by atoms with E-state index in [0.717, 1.165) is 17.5 Å². The van der Waals surface area contributed by atoms with Crippen LogP contribution in [-0.2, 0) is 9.59 Å². The van der Waals surface area contributed by atoms with Crippen LogP contribution in [0, 0.1) is 13.8 Å². The summed E-state index contributed by atoms with van der Waals surface area (Å²) in [7, 11) is 0. The zero-order valence-electron chi connectivity index (χ0n) is 13.3. The van der Waals surface area contributed by atoms with E-state index < -0.39 is 23.9 Å². The number of carbonyl (C=O) groups excluding carboxylic acids is 2. The zero-order chi connectivity index (χ0) is 17.0. The van der Waals surface area contributed by atoms with Crippen LogP contribution in [-0.4, -0.2) is 47.0 Å². The van der Waals surface area contributed by atoms with Crippen LogP contribution in [0.1, 0.15) is 24.0 Å². The molecule has 1 aromatic rings. The fourth-order valence-electron chi connectivity index (χ4n) is 2.75. The van der Waals surface area contributed by atoms with E-state index in [1.165, 1.54) is 0 Å². The van der Waals surface area contributed by atoms with E-state index in [9.17, 15) is 14.4 Å². The largest absolute Gasteiger partial charge is 0.480 e. The highest BCUT2D eigenvalue weighted by atomic mass is 16.4. The van der Waals surface area contributed by atoms with Crippen molar-refractivity contribution >= 4 is 23.6 Å². The van der Waals surface area contributed by atoms with E-state index in [1.54, 1.807) is 11.0 Å². The molecule has 1 aromatic carbocycles. The second-order valence-corrected chi connectivity index (χ2v) is 5.79. The number of amides is 3. The summed E-state index contributed by atoms with van der Waals surface area (Å²) in [6.45, 7) is 4.27. The third kappa shape index (κ3) is 4.53. The lowest BCUT2D eigenvalue weighted by Gasteiger charge is -2.20. The zero-order valence-corrected chi connectivity index (χ0v) is 13.3. The number of carbonyl (C=O) groups is 3. The maximum absolute atomic E-state index is 11.9. The minimum Gasteiger partial charge on any atom is -0.480 e. The maximum atomic E-state index is 11.9. The Hall–Kier alpha value is -2.41. The molecule has 0 unspecified atom stereocenters. The number of nitrogens with one attached hydrogen (secondary N) is 2. The topological polar surface area (TPSA) is 98.7 Å². The van der Waals surface area contributed by atoms with Crippen molar-refractivity contribution in [1.82, 2.24) is 10.2 Å². The number of nitrogens with zero attached hydrogens (tertiary/aromatic N) is 1. The highest BCUT2D eigenvalue weighted by Crippen LogP contribution is 2.17. The summed E-state index contributed by atoms with van der Waals surface area (Å²) >= 11 is 0. The van der Waals surface area contributed by atoms with E-state index >= 15 is 0 Å². The molecule has 0 radical (unpaired) electrons. The summed E-state index contributed by atoms with van der Waals surface area (Å²) in [5.74, 6) is -1.45. The van der Waals surface area contributed by atoms with Crippen molar-refractivity contribution in [3.8, 4) is 0 Å². The molecule has 1 aliphatic heterocycles. The minimum absolute atomic E-state index is 0.0999. The van der Waals surface area contributed by atoms with E-state index in [-0.39, 0.29) is 6.54 Å². The molecule has 1 aliphatic rings. The number of likely N-dealkylation sites (tertiary alicyclic amines) is 1. The normalized spacial score (nSPS) is 17.7. The number of hydrogen-bond donors (Lipinski definition) is 3. The highest BCUT2D eigenvalue weighted by Gasteiger charge is 2.31. The summed E-state index contributed by atoms with van der Waals surface area (Å²) in [6, 6.07) is 4.30. The SMILES string of the molecule is Cc1ccc(NC(=O)NC(=O)CN2CCC[C@H]2C(=O)O)c(C)c1. The van der Waals surface area contributed by atoms with Crippen molar-refractivity contribution in [2.24, 2.45) is 0 Å². The number of carboxylic acids is 1. The molecule has 0 aromatic heterocycles. The second kappa shape index (κ2) is 7.23. The number of carboxylic acid groups (broad SMARTS) is 1. The van der Waals surface area contributed by atoms with E-state index in [0.29, 0.717) is 18.7 Å². The average Bonchev–Trinajstić information content (AvgIpc) is 2.90. The van der Waals surface area contributed by atoms with Gasteiger partial charge in [0.2, 0.25) is 5.91 Å². The highest BCUT2D eigenvalue weighted by molar-refractivity contribution is 6.02. The molecule has 0 saturated carbocycles. The number of imide groups is 1. The van der Waals surface area contributed by atoms with Gasteiger partial charge in [-0.2, -0.15) is 0 Å². The molecule has 1 fully saturated rings. The van der Waals surface area contributed by atoms with Gasteiger partial charge in [-0.05, 0) is 44.9 Å². The standard InChI is InChI=1S/C16H21N3O4/c1-10-5-6-12(11(2)8-10)17-16(23)18-14(20)9-19-7-3-4-13(19)15(21)22/h5-6,8,13H,3-4,7,9H2,1-2H3,(H,21,22)(H2,17,18,20,23)/t13-/m0/s1. The summed E-state index contributed by atoms with van der Waals surface area (Å²) in [5.41, 5.74) is 2.61. The van der Waals surface area contributed by atoms with Gasteiger partial charge in [0.15, 0.2) is 0 Å². The lowest BCUT2D eigenvalue weighted by atomic mass is 10.1. The number of urea groups is 1. The molecule has 1 heterocycles. The predicted molar refractivity (Wildman–Crippen MR) is 85.3 cm³/mol. The fraction of sp³-hybridized carbons (Fsp3) is 0.438. The fourth-order valence-corrected chi connectivity index (χ4v) is 2.75. The Bertz CT molecular complexity index is 630. The van der Waals surface area contributed by atoms with E-state index in [1.807, 2.05) is 26.0 Å². The van der Waals surface area contributed by atoms with Crippen LogP contribution in [0.3, 0.4) is 0 Å². The molecule has 2 rings (SSSR count). The molecule has 1 atom stereocenters. The van der Waals surface area contributed by atoms with Gasteiger partial charge in [0.25, 0.3) is 0 Å². The van der Waals surface area contributed by atoms with E-state index in [2.05, 4.69) is 10.6 Å². The van der Waals surface area contributed by atoms with Crippen LogP contribution < -0.4 is 10.6 Å². The lowest BCUT2D eigenvalue weighted by Crippen LogP contribution is -2.45. The predicted octanol–water partition coefficient (Wildman–Crippen LogP) is 1.50. The van der Waals surface area contributed by atoms with Gasteiger partial charge >= 0.3 is 12.0 Å². The summed E-state index contributed by atoms with van der Waals surface area (Å²) in [6.07, 6.45) is 1.26. The number of anilines is 1. The van der Waals surface area contributed by atoms with Crippen LogP contribution in [0.5, 0.6) is 0 Å². The molecule has 1 saturated heterocycles. The Balaban J connectivity index is 1.87. The molecule has 3 N–H and O–H groups in total. The lowest BCUT2D eigenvalue weighted by molar-refractivity contribution is -0.142. The number of aryl methyl sites for hydroxylation is 2. The first kappa shape index (κ1) is 17.0. The van der Waals surface area contributed by atoms with Gasteiger partial charge in [-0.1, -0.05) is 17.7 Å². The van der Waals surface area contributed by atoms with Crippen molar-refractivity contribution in [3.63, 3.8) is 0 Å². The first-order valence-electron chi connectivity index (χ1n) is 7.52. The molecular weight excluding hydrogens is 298 g/mol. The number of hydrogen-bond acceptors (Lipinski definition) is 4. The van der Waals surface area contributed by atoms with Crippen molar-refractivity contribution in [2.45, 2.75) is 32.7 Å². The molecule has 0 bridgehead atoms. The Morgan fingerprint density at radius 2 is 2.04 bits per heavy atom. The van der Waals surface area contributed by atoms with Crippen LogP contribution in [0.25, 0.3) is 0 Å². The van der Waals surface area contributed by atoms with Gasteiger partial charge in [0.05, 0.1) is 6.54 Å². The van der Waals surface area contributed by atoms with Crippen molar-refractivity contribution in [3.05, 3.63) is 29.3 Å². The smallest absolute Gasteiger partial charge is 0.325 e. The monoisotopic (exact) mass is 319 g/mol. The summed E-state index contributed by atoms with van der Waals surface area (Å²) in [5, 5.41) is 13.9. The number of rotatable bonds is 4. The molecule has 0 spiro atoms. The van der Waals surface area contributed by atoms with Crippen LogP contribution in [0.4, 0.5) is 10.5 Å². The van der Waals surface area contributed by atoms with Gasteiger partial charge in [0, 0.05) is 5.69 Å². The van der Waals surface area contributed by atoms with Crippen molar-refractivity contribution in [1.29, 1.82) is 0 Å². The quantitative estimate of drug-likeness (QED) is 0.781. The molecule has 7 heteroatoms. The maximum Gasteiger partial charge on any atom is 0.325 e.